The van der Waals surface area contributed by atoms with E-state index in [0.717, 1.165) is 25.2 Å². The smallest absolute Gasteiger partial charge is 0.0840 e. The Morgan fingerprint density at radius 1 is 1.57 bits per heavy atom. The summed E-state index contributed by atoms with van der Waals surface area (Å²) in [5.41, 5.74) is 5.33. The second-order valence-electron chi connectivity index (χ2n) is 5.35. The molecule has 120 valence electrons. The first-order chi connectivity index (χ1) is 11.3. The molecule has 0 amide bonds. The van der Waals surface area contributed by atoms with Crippen molar-refractivity contribution < 1.29 is 0 Å². The van der Waals surface area contributed by atoms with Crippen molar-refractivity contribution in [1.82, 2.24) is 10.2 Å². The van der Waals surface area contributed by atoms with Crippen LogP contribution in [-0.4, -0.2) is 29.5 Å². The van der Waals surface area contributed by atoms with Crippen molar-refractivity contribution in [3.05, 3.63) is 54.3 Å². The molecule has 1 aliphatic heterocycles. The van der Waals surface area contributed by atoms with Crippen LogP contribution in [0.1, 0.15) is 12.5 Å². The van der Waals surface area contributed by atoms with Gasteiger partial charge in [0, 0.05) is 19.3 Å². The summed E-state index contributed by atoms with van der Waals surface area (Å²) >= 11 is 3.71. The van der Waals surface area contributed by atoms with Crippen molar-refractivity contribution in [3.8, 4) is 10.6 Å². The van der Waals surface area contributed by atoms with Gasteiger partial charge in [0.25, 0.3) is 0 Å². The molecule has 2 aromatic rings. The van der Waals surface area contributed by atoms with Gasteiger partial charge >= 0.3 is 0 Å². The molecule has 0 fully saturated rings. The van der Waals surface area contributed by atoms with Crippen molar-refractivity contribution in [2.24, 2.45) is 0 Å². The molecule has 3 nitrogen and oxygen atoms in total. The number of aromatic amines is 1. The number of H-pyrrole nitrogens is 1. The van der Waals surface area contributed by atoms with Crippen LogP contribution in [0, 0.1) is 0 Å². The maximum atomic E-state index is 4.11. The molecule has 0 aliphatic carbocycles. The number of rotatable bonds is 6. The monoisotopic (exact) mass is 343 g/mol. The minimum atomic E-state index is 0.945. The first-order valence-corrected chi connectivity index (χ1v) is 9.71. The molecular formula is C18H21N3S2. The molecule has 3 heterocycles. The predicted molar refractivity (Wildman–Crippen MR) is 103 cm³/mol. The predicted octanol–water partition coefficient (Wildman–Crippen LogP) is 4.91. The second-order valence-corrected chi connectivity index (χ2v) is 7.45. The highest BCUT2D eigenvalue weighted by Gasteiger charge is 2.29. The van der Waals surface area contributed by atoms with Crippen LogP contribution in [0.5, 0.6) is 0 Å². The van der Waals surface area contributed by atoms with Crippen LogP contribution in [0.25, 0.3) is 10.6 Å². The fourth-order valence-electron chi connectivity index (χ4n) is 2.89. The van der Waals surface area contributed by atoms with E-state index in [4.69, 9.17) is 0 Å². The average molecular weight is 344 g/mol. The zero-order valence-corrected chi connectivity index (χ0v) is 15.1. The molecule has 0 atom stereocenters. The van der Waals surface area contributed by atoms with Crippen LogP contribution in [-0.2, 0) is 6.42 Å². The Kier molecular flexibility index (Phi) is 5.08. The summed E-state index contributed by atoms with van der Waals surface area (Å²) in [5, 5.41) is 7.22. The molecule has 1 aliphatic rings. The maximum absolute atomic E-state index is 4.11. The highest BCUT2D eigenvalue weighted by Crippen LogP contribution is 2.49. The van der Waals surface area contributed by atoms with Crippen LogP contribution in [0.15, 0.2) is 52.9 Å². The van der Waals surface area contributed by atoms with E-state index in [1.165, 1.54) is 25.9 Å². The van der Waals surface area contributed by atoms with Gasteiger partial charge < -0.3 is 4.90 Å². The lowest BCUT2D eigenvalue weighted by atomic mass is 10.2. The van der Waals surface area contributed by atoms with Crippen LogP contribution < -0.4 is 4.90 Å². The van der Waals surface area contributed by atoms with E-state index in [0.29, 0.717) is 0 Å². The molecule has 0 aromatic carbocycles. The summed E-state index contributed by atoms with van der Waals surface area (Å²) in [6.07, 6.45) is 13.2. The molecular weight excluding hydrogens is 322 g/mol. The van der Waals surface area contributed by atoms with E-state index in [1.54, 1.807) is 0 Å². The van der Waals surface area contributed by atoms with Gasteiger partial charge in [-0.05, 0) is 36.8 Å². The molecule has 0 saturated carbocycles. The number of nitrogens with one attached hydrogen (secondary N) is 1. The SMILES string of the molecule is C=C/C=C\C(=C/C)CN1CCc2c(-c3ccn[nH]3)sc(SC)c21. The largest absolute Gasteiger partial charge is 0.365 e. The highest BCUT2D eigenvalue weighted by molar-refractivity contribution is 8.00. The van der Waals surface area contributed by atoms with Gasteiger partial charge in [-0.3, -0.25) is 5.10 Å². The lowest BCUT2D eigenvalue weighted by Gasteiger charge is -2.20. The third kappa shape index (κ3) is 3.16. The number of allylic oxidation sites excluding steroid dienone is 3. The van der Waals surface area contributed by atoms with Gasteiger partial charge in [0.05, 0.1) is 20.5 Å². The molecule has 5 heteroatoms. The van der Waals surface area contributed by atoms with Crippen molar-refractivity contribution in [3.63, 3.8) is 0 Å². The first kappa shape index (κ1) is 16.1. The van der Waals surface area contributed by atoms with Gasteiger partial charge in [-0.25, -0.2) is 0 Å². The minimum absolute atomic E-state index is 0.945. The van der Waals surface area contributed by atoms with Crippen molar-refractivity contribution in [2.75, 3.05) is 24.2 Å². The van der Waals surface area contributed by atoms with Gasteiger partial charge in [0.2, 0.25) is 0 Å². The third-order valence-corrected chi connectivity index (χ3v) is 6.38. The van der Waals surface area contributed by atoms with Crippen molar-refractivity contribution in [2.45, 2.75) is 17.6 Å². The van der Waals surface area contributed by atoms with Crippen molar-refractivity contribution >= 4 is 28.8 Å². The number of aromatic nitrogens is 2. The molecule has 0 radical (unpaired) electrons. The molecule has 2 aromatic heterocycles. The van der Waals surface area contributed by atoms with Gasteiger partial charge in [-0.2, -0.15) is 5.10 Å². The van der Waals surface area contributed by atoms with Gasteiger partial charge in [-0.15, -0.1) is 23.1 Å². The third-order valence-electron chi connectivity index (χ3n) is 4.02. The van der Waals surface area contributed by atoms with Gasteiger partial charge in [0.15, 0.2) is 0 Å². The number of thioether (sulfide) groups is 1. The Hall–Kier alpha value is -1.72. The number of nitrogens with zero attached hydrogens (tertiary/aromatic N) is 2. The summed E-state index contributed by atoms with van der Waals surface area (Å²) in [5.74, 6) is 0. The highest BCUT2D eigenvalue weighted by atomic mass is 32.2. The zero-order chi connectivity index (χ0) is 16.2. The van der Waals surface area contributed by atoms with Crippen molar-refractivity contribution in [1.29, 1.82) is 0 Å². The maximum Gasteiger partial charge on any atom is 0.0840 e. The Labute approximate surface area is 145 Å². The van der Waals surface area contributed by atoms with E-state index in [9.17, 15) is 0 Å². The van der Waals surface area contributed by atoms with Crippen LogP contribution in [0.3, 0.4) is 0 Å². The number of anilines is 1. The van der Waals surface area contributed by atoms with Crippen LogP contribution >= 0.6 is 23.1 Å². The summed E-state index contributed by atoms with van der Waals surface area (Å²) in [6.45, 7) is 7.87. The summed E-state index contributed by atoms with van der Waals surface area (Å²) in [4.78, 5) is 3.84. The van der Waals surface area contributed by atoms with E-state index in [1.807, 2.05) is 41.4 Å². The zero-order valence-electron chi connectivity index (χ0n) is 13.5. The first-order valence-electron chi connectivity index (χ1n) is 7.67. The lowest BCUT2D eigenvalue weighted by Crippen LogP contribution is -2.23. The van der Waals surface area contributed by atoms with E-state index in [2.05, 4.69) is 53.1 Å². The topological polar surface area (TPSA) is 31.9 Å². The summed E-state index contributed by atoms with van der Waals surface area (Å²) in [6, 6.07) is 2.06. The Morgan fingerprint density at radius 3 is 3.09 bits per heavy atom. The standard InChI is InChI=1S/C18H21N3S2/c1-4-6-7-13(5-2)12-21-11-9-14-16(21)18(22-3)23-17(14)15-8-10-19-20-15/h4-8,10H,1,9,11-12H2,2-3H3,(H,19,20)/b7-6-,13-5+. The molecule has 1 N–H and O–H groups in total. The van der Waals surface area contributed by atoms with E-state index < -0.39 is 0 Å². The molecule has 23 heavy (non-hydrogen) atoms. The lowest BCUT2D eigenvalue weighted by molar-refractivity contribution is 0.883. The van der Waals surface area contributed by atoms with Crippen LogP contribution in [0.4, 0.5) is 5.69 Å². The quantitative estimate of drug-likeness (QED) is 0.597. The van der Waals surface area contributed by atoms with E-state index in [-0.39, 0.29) is 0 Å². The Balaban J connectivity index is 1.93. The second kappa shape index (κ2) is 7.23. The van der Waals surface area contributed by atoms with Crippen LogP contribution in [0.2, 0.25) is 0 Å². The number of fused-ring (bicyclic) bond motifs is 1. The van der Waals surface area contributed by atoms with E-state index >= 15 is 0 Å². The fourth-order valence-corrected chi connectivity index (χ4v) is 5.00. The normalized spacial score (nSPS) is 14.7. The average Bonchev–Trinajstić information content (AvgIpc) is 3.28. The van der Waals surface area contributed by atoms with Gasteiger partial charge in [-0.1, -0.05) is 30.9 Å². The molecule has 0 unspecified atom stereocenters. The molecule has 0 saturated heterocycles. The molecule has 0 spiro atoms. The molecule has 3 rings (SSSR count). The van der Waals surface area contributed by atoms with Gasteiger partial charge in [0.1, 0.15) is 0 Å². The summed E-state index contributed by atoms with van der Waals surface area (Å²) in [7, 11) is 0. The molecule has 0 bridgehead atoms. The Morgan fingerprint density at radius 2 is 2.43 bits per heavy atom. The number of hydrogen-bond acceptors (Lipinski definition) is 4. The number of hydrogen-bond donors (Lipinski definition) is 1. The fraction of sp³-hybridized carbons (Fsp3) is 0.278. The summed E-state index contributed by atoms with van der Waals surface area (Å²) < 4.78 is 1.39. The number of thiophene rings is 1. The minimum Gasteiger partial charge on any atom is -0.365 e. The Bertz CT molecular complexity index is 739.